The minimum atomic E-state index is -0.0793. The van der Waals surface area contributed by atoms with Gasteiger partial charge in [-0.25, -0.2) is 4.68 Å². The third-order valence-electron chi connectivity index (χ3n) is 4.46. The molecule has 2 N–H and O–H groups in total. The van der Waals surface area contributed by atoms with E-state index in [2.05, 4.69) is 10.4 Å². The van der Waals surface area contributed by atoms with E-state index >= 15 is 0 Å². The molecule has 1 atom stereocenters. The molecular weight excluding hydrogens is 338 g/mol. The molecule has 0 aliphatic carbocycles. The second kappa shape index (κ2) is 6.26. The molecule has 126 valence electrons. The number of halogens is 1. The molecule has 1 amide bonds. The van der Waals surface area contributed by atoms with Crippen LogP contribution in [0, 0.1) is 0 Å². The Morgan fingerprint density at radius 3 is 2.72 bits per heavy atom. The maximum atomic E-state index is 12.2. The number of aromatic nitrogens is 2. The Labute approximate surface area is 149 Å². The third kappa shape index (κ3) is 2.98. The number of carbonyl (C=O) groups excluding carboxylic acids is 1. The number of nitrogens with one attached hydrogen (secondary N) is 1. The van der Waals surface area contributed by atoms with E-state index in [1.54, 1.807) is 23.0 Å². The fraction of sp³-hybridized carbons (Fsp3) is 0.158. The van der Waals surface area contributed by atoms with Gasteiger partial charge in [0.2, 0.25) is 5.91 Å². The highest BCUT2D eigenvalue weighted by molar-refractivity contribution is 6.31. The predicted octanol–water partition coefficient (Wildman–Crippen LogP) is 3.76. The number of phenolic OH excluding ortho intramolecular Hbond substituents is 1. The Hall–Kier alpha value is -2.79. The molecule has 25 heavy (non-hydrogen) atoms. The number of anilines is 1. The standard InChI is InChI=1S/C19H16ClN3O2/c20-17-4-2-1-3-13(17)11-23-19-16(10-21-23)15(9-18(25)22-19)12-5-7-14(24)8-6-12/h1-8,10,15,24H,9,11H2,(H,22,25). The molecule has 2 aromatic carbocycles. The molecule has 0 bridgehead atoms. The normalized spacial score (nSPS) is 16.4. The monoisotopic (exact) mass is 353 g/mol. The summed E-state index contributed by atoms with van der Waals surface area (Å²) in [5.74, 6) is 0.781. The first kappa shape index (κ1) is 15.7. The van der Waals surface area contributed by atoms with Crippen LogP contribution in [0.4, 0.5) is 5.82 Å². The van der Waals surface area contributed by atoms with Crippen molar-refractivity contribution in [2.75, 3.05) is 5.32 Å². The zero-order chi connectivity index (χ0) is 17.4. The van der Waals surface area contributed by atoms with Crippen LogP contribution in [-0.2, 0) is 11.3 Å². The van der Waals surface area contributed by atoms with Gasteiger partial charge in [-0.15, -0.1) is 0 Å². The molecule has 1 aliphatic rings. The SMILES string of the molecule is O=C1CC(c2ccc(O)cc2)c2cnn(Cc3ccccc3Cl)c2N1. The van der Waals surface area contributed by atoms with Gasteiger partial charge in [0.05, 0.1) is 12.7 Å². The van der Waals surface area contributed by atoms with Crippen LogP contribution in [0.15, 0.2) is 54.7 Å². The Morgan fingerprint density at radius 2 is 1.96 bits per heavy atom. The van der Waals surface area contributed by atoms with Gasteiger partial charge in [-0.05, 0) is 29.3 Å². The van der Waals surface area contributed by atoms with Crippen molar-refractivity contribution < 1.29 is 9.90 Å². The number of benzene rings is 2. The molecular formula is C19H16ClN3O2. The van der Waals surface area contributed by atoms with E-state index in [1.165, 1.54) is 0 Å². The molecule has 0 radical (unpaired) electrons. The lowest BCUT2D eigenvalue weighted by molar-refractivity contribution is -0.116. The number of carbonyl (C=O) groups is 1. The summed E-state index contributed by atoms with van der Waals surface area (Å²) >= 11 is 6.24. The summed E-state index contributed by atoms with van der Waals surface area (Å²) in [5, 5.41) is 17.5. The van der Waals surface area contributed by atoms with Gasteiger partial charge in [0.1, 0.15) is 11.6 Å². The first-order valence-electron chi connectivity index (χ1n) is 7.99. The number of rotatable bonds is 3. The maximum Gasteiger partial charge on any atom is 0.226 e. The van der Waals surface area contributed by atoms with Crippen LogP contribution >= 0.6 is 11.6 Å². The number of aromatic hydroxyl groups is 1. The number of amides is 1. The zero-order valence-electron chi connectivity index (χ0n) is 13.3. The first-order chi connectivity index (χ1) is 12.1. The minimum absolute atomic E-state index is 0.0496. The highest BCUT2D eigenvalue weighted by atomic mass is 35.5. The van der Waals surface area contributed by atoms with Crippen molar-refractivity contribution in [2.45, 2.75) is 18.9 Å². The van der Waals surface area contributed by atoms with E-state index in [4.69, 9.17) is 11.6 Å². The molecule has 3 aromatic rings. The number of hydrogen-bond acceptors (Lipinski definition) is 3. The average Bonchev–Trinajstić information content (AvgIpc) is 3.00. The molecule has 0 spiro atoms. The van der Waals surface area contributed by atoms with Crippen molar-refractivity contribution in [3.8, 4) is 5.75 Å². The van der Waals surface area contributed by atoms with E-state index in [0.717, 1.165) is 16.7 Å². The van der Waals surface area contributed by atoms with Crippen molar-refractivity contribution >= 4 is 23.3 Å². The van der Waals surface area contributed by atoms with Crippen molar-refractivity contribution in [2.24, 2.45) is 0 Å². The highest BCUT2D eigenvalue weighted by Crippen LogP contribution is 2.37. The highest BCUT2D eigenvalue weighted by Gasteiger charge is 2.30. The van der Waals surface area contributed by atoms with Gasteiger partial charge < -0.3 is 10.4 Å². The average molecular weight is 354 g/mol. The number of nitrogens with zero attached hydrogens (tertiary/aromatic N) is 2. The van der Waals surface area contributed by atoms with Crippen molar-refractivity contribution in [1.82, 2.24) is 9.78 Å². The van der Waals surface area contributed by atoms with Crippen LogP contribution in [0.1, 0.15) is 29.0 Å². The van der Waals surface area contributed by atoms with E-state index in [-0.39, 0.29) is 17.6 Å². The predicted molar refractivity (Wildman–Crippen MR) is 96.0 cm³/mol. The van der Waals surface area contributed by atoms with Gasteiger partial charge in [0, 0.05) is 22.9 Å². The summed E-state index contributed by atoms with van der Waals surface area (Å²) in [6, 6.07) is 14.5. The second-order valence-corrected chi connectivity index (χ2v) is 6.50. The largest absolute Gasteiger partial charge is 0.508 e. The Bertz CT molecular complexity index is 934. The van der Waals surface area contributed by atoms with Crippen molar-refractivity contribution in [1.29, 1.82) is 0 Å². The van der Waals surface area contributed by atoms with E-state index in [9.17, 15) is 9.90 Å². The molecule has 0 fully saturated rings. The Balaban J connectivity index is 1.71. The molecule has 0 saturated heterocycles. The molecule has 1 unspecified atom stereocenters. The van der Waals surface area contributed by atoms with Gasteiger partial charge in [-0.2, -0.15) is 5.10 Å². The fourth-order valence-electron chi connectivity index (χ4n) is 3.18. The van der Waals surface area contributed by atoms with Crippen LogP contribution < -0.4 is 5.32 Å². The van der Waals surface area contributed by atoms with E-state index < -0.39 is 0 Å². The first-order valence-corrected chi connectivity index (χ1v) is 8.37. The van der Waals surface area contributed by atoms with Crippen LogP contribution in [0.2, 0.25) is 5.02 Å². The molecule has 6 heteroatoms. The summed E-state index contributed by atoms with van der Waals surface area (Å²) in [5.41, 5.74) is 2.89. The minimum Gasteiger partial charge on any atom is -0.508 e. The van der Waals surface area contributed by atoms with Crippen LogP contribution in [0.5, 0.6) is 5.75 Å². The molecule has 4 rings (SSSR count). The van der Waals surface area contributed by atoms with Gasteiger partial charge in [-0.3, -0.25) is 4.79 Å². The molecule has 1 aromatic heterocycles. The molecule has 1 aliphatic heterocycles. The summed E-state index contributed by atoms with van der Waals surface area (Å²) in [7, 11) is 0. The van der Waals surface area contributed by atoms with Gasteiger partial charge in [0.15, 0.2) is 0 Å². The van der Waals surface area contributed by atoms with Gasteiger partial charge in [-0.1, -0.05) is 41.9 Å². The lowest BCUT2D eigenvalue weighted by Gasteiger charge is -2.24. The van der Waals surface area contributed by atoms with Crippen LogP contribution in [0.3, 0.4) is 0 Å². The smallest absolute Gasteiger partial charge is 0.226 e. The number of fused-ring (bicyclic) bond motifs is 1. The lowest BCUT2D eigenvalue weighted by atomic mass is 9.87. The van der Waals surface area contributed by atoms with E-state index in [1.807, 2.05) is 36.4 Å². The summed E-state index contributed by atoms with van der Waals surface area (Å²) < 4.78 is 1.76. The van der Waals surface area contributed by atoms with Gasteiger partial charge in [0.25, 0.3) is 0 Å². The zero-order valence-corrected chi connectivity index (χ0v) is 14.1. The summed E-state index contributed by atoms with van der Waals surface area (Å²) in [6.07, 6.45) is 2.15. The Kier molecular flexibility index (Phi) is 3.93. The summed E-state index contributed by atoms with van der Waals surface area (Å²) in [4.78, 5) is 12.2. The second-order valence-electron chi connectivity index (χ2n) is 6.09. The van der Waals surface area contributed by atoms with Crippen molar-refractivity contribution in [3.63, 3.8) is 0 Å². The Morgan fingerprint density at radius 1 is 1.20 bits per heavy atom. The van der Waals surface area contributed by atoms with Crippen LogP contribution in [-0.4, -0.2) is 20.8 Å². The molecule has 0 saturated carbocycles. The maximum absolute atomic E-state index is 12.2. The number of phenols is 1. The fourth-order valence-corrected chi connectivity index (χ4v) is 3.38. The quantitative estimate of drug-likeness (QED) is 0.753. The molecule has 2 heterocycles. The third-order valence-corrected chi connectivity index (χ3v) is 4.83. The van der Waals surface area contributed by atoms with E-state index in [0.29, 0.717) is 23.8 Å². The number of hydrogen-bond donors (Lipinski definition) is 2. The van der Waals surface area contributed by atoms with Crippen LogP contribution in [0.25, 0.3) is 0 Å². The molecule has 5 nitrogen and oxygen atoms in total. The lowest BCUT2D eigenvalue weighted by Crippen LogP contribution is -2.25. The van der Waals surface area contributed by atoms with Crippen molar-refractivity contribution in [3.05, 3.63) is 76.4 Å². The van der Waals surface area contributed by atoms with Gasteiger partial charge >= 0.3 is 0 Å². The topological polar surface area (TPSA) is 67.1 Å². The summed E-state index contributed by atoms with van der Waals surface area (Å²) in [6.45, 7) is 0.484.